The van der Waals surface area contributed by atoms with Crippen molar-refractivity contribution < 1.29 is 5.11 Å². The zero-order valence-corrected chi connectivity index (χ0v) is 11.3. The molecule has 102 valence electrons. The maximum Gasteiger partial charge on any atom is 0.247 e. The lowest BCUT2D eigenvalue weighted by atomic mass is 10.1. The van der Waals surface area contributed by atoms with Crippen LogP contribution in [-0.2, 0) is 5.60 Å². The number of nitrogens with one attached hydrogen (secondary N) is 1. The van der Waals surface area contributed by atoms with Gasteiger partial charge in [0, 0.05) is 6.20 Å². The van der Waals surface area contributed by atoms with Crippen LogP contribution in [0.15, 0.2) is 42.7 Å². The first kappa shape index (κ1) is 12.6. The molecule has 3 aromatic heterocycles. The van der Waals surface area contributed by atoms with E-state index < -0.39 is 5.60 Å². The lowest BCUT2D eigenvalue weighted by Gasteiger charge is -2.16. The average molecular weight is 269 g/mol. The SMILES string of the molecule is CC(C)(O)c1ccc(Nc2nc3ccccn3n2)cn1. The number of hydrogen-bond acceptors (Lipinski definition) is 5. The predicted octanol–water partition coefficient (Wildman–Crippen LogP) is 2.10. The summed E-state index contributed by atoms with van der Waals surface area (Å²) in [4.78, 5) is 8.57. The minimum absolute atomic E-state index is 0.508. The van der Waals surface area contributed by atoms with Crippen LogP contribution < -0.4 is 5.32 Å². The van der Waals surface area contributed by atoms with Gasteiger partial charge in [-0.05, 0) is 38.1 Å². The van der Waals surface area contributed by atoms with E-state index in [-0.39, 0.29) is 0 Å². The van der Waals surface area contributed by atoms with Crippen molar-refractivity contribution in [1.29, 1.82) is 0 Å². The summed E-state index contributed by atoms with van der Waals surface area (Å²) in [5, 5.41) is 17.2. The summed E-state index contributed by atoms with van der Waals surface area (Å²) in [5.74, 6) is 0.508. The summed E-state index contributed by atoms with van der Waals surface area (Å²) in [6, 6.07) is 9.30. The molecule has 6 nitrogen and oxygen atoms in total. The Morgan fingerprint density at radius 3 is 2.70 bits per heavy atom. The summed E-state index contributed by atoms with van der Waals surface area (Å²) >= 11 is 0. The third kappa shape index (κ3) is 2.46. The molecule has 0 spiro atoms. The van der Waals surface area contributed by atoms with Crippen molar-refractivity contribution in [3.63, 3.8) is 0 Å². The lowest BCUT2D eigenvalue weighted by Crippen LogP contribution is -2.17. The van der Waals surface area contributed by atoms with Gasteiger partial charge >= 0.3 is 0 Å². The summed E-state index contributed by atoms with van der Waals surface area (Å²) in [6.45, 7) is 3.40. The van der Waals surface area contributed by atoms with Gasteiger partial charge in [0.2, 0.25) is 5.95 Å². The number of aromatic nitrogens is 4. The highest BCUT2D eigenvalue weighted by molar-refractivity contribution is 5.54. The molecule has 6 heteroatoms. The molecule has 0 amide bonds. The van der Waals surface area contributed by atoms with Crippen molar-refractivity contribution in [2.75, 3.05) is 5.32 Å². The zero-order chi connectivity index (χ0) is 14.2. The monoisotopic (exact) mass is 269 g/mol. The fourth-order valence-corrected chi connectivity index (χ4v) is 1.84. The summed E-state index contributed by atoms with van der Waals surface area (Å²) in [7, 11) is 0. The van der Waals surface area contributed by atoms with Crippen LogP contribution in [0.2, 0.25) is 0 Å². The van der Waals surface area contributed by atoms with E-state index in [0.717, 1.165) is 11.3 Å². The predicted molar refractivity (Wildman–Crippen MR) is 75.8 cm³/mol. The van der Waals surface area contributed by atoms with Gasteiger partial charge in [-0.15, -0.1) is 5.10 Å². The molecule has 0 saturated heterocycles. The van der Waals surface area contributed by atoms with Crippen LogP contribution in [-0.4, -0.2) is 24.7 Å². The smallest absolute Gasteiger partial charge is 0.247 e. The fourth-order valence-electron chi connectivity index (χ4n) is 1.84. The maximum atomic E-state index is 9.85. The van der Waals surface area contributed by atoms with E-state index in [0.29, 0.717) is 11.6 Å². The lowest BCUT2D eigenvalue weighted by molar-refractivity contribution is 0.0739. The largest absolute Gasteiger partial charge is 0.384 e. The molecule has 3 aromatic rings. The van der Waals surface area contributed by atoms with Crippen LogP contribution in [0.3, 0.4) is 0 Å². The van der Waals surface area contributed by atoms with Gasteiger partial charge in [0.1, 0.15) is 5.60 Å². The molecule has 0 aliphatic carbocycles. The van der Waals surface area contributed by atoms with E-state index in [1.165, 1.54) is 0 Å². The number of aliphatic hydroxyl groups is 1. The molecular weight excluding hydrogens is 254 g/mol. The Morgan fingerprint density at radius 1 is 1.20 bits per heavy atom. The number of rotatable bonds is 3. The van der Waals surface area contributed by atoms with Crippen molar-refractivity contribution in [3.8, 4) is 0 Å². The molecule has 0 saturated carbocycles. The fraction of sp³-hybridized carbons (Fsp3) is 0.214. The second-order valence-electron chi connectivity index (χ2n) is 5.05. The maximum absolute atomic E-state index is 9.85. The molecular formula is C14H15N5O. The van der Waals surface area contributed by atoms with E-state index in [2.05, 4.69) is 20.4 Å². The zero-order valence-electron chi connectivity index (χ0n) is 11.3. The Balaban J connectivity index is 1.84. The first-order valence-corrected chi connectivity index (χ1v) is 6.30. The standard InChI is InChI=1S/C14H15N5O/c1-14(2,20)11-7-6-10(9-15-11)16-13-17-12-5-3-4-8-19(12)18-13/h3-9,20H,1-2H3,(H,16,18). The van der Waals surface area contributed by atoms with E-state index in [1.54, 1.807) is 30.6 Å². The molecule has 0 radical (unpaired) electrons. The molecule has 0 aliphatic rings. The third-order valence-corrected chi connectivity index (χ3v) is 2.89. The van der Waals surface area contributed by atoms with Crippen molar-refractivity contribution >= 4 is 17.3 Å². The van der Waals surface area contributed by atoms with E-state index >= 15 is 0 Å². The number of nitrogens with zero attached hydrogens (tertiary/aromatic N) is 4. The number of hydrogen-bond donors (Lipinski definition) is 2. The van der Waals surface area contributed by atoms with E-state index in [4.69, 9.17) is 0 Å². The van der Waals surface area contributed by atoms with Gasteiger partial charge in [-0.2, -0.15) is 4.98 Å². The van der Waals surface area contributed by atoms with E-state index in [1.807, 2.05) is 30.5 Å². The number of fused-ring (bicyclic) bond motifs is 1. The van der Waals surface area contributed by atoms with Crippen LogP contribution in [0.5, 0.6) is 0 Å². The Morgan fingerprint density at radius 2 is 2.05 bits per heavy atom. The van der Waals surface area contributed by atoms with Gasteiger partial charge in [-0.1, -0.05) is 6.07 Å². The molecule has 0 unspecified atom stereocenters. The van der Waals surface area contributed by atoms with Crippen molar-refractivity contribution in [2.45, 2.75) is 19.4 Å². The van der Waals surface area contributed by atoms with Gasteiger partial charge in [0.15, 0.2) is 5.65 Å². The van der Waals surface area contributed by atoms with Gasteiger partial charge < -0.3 is 10.4 Å². The quantitative estimate of drug-likeness (QED) is 0.761. The highest BCUT2D eigenvalue weighted by Crippen LogP contribution is 2.19. The van der Waals surface area contributed by atoms with Crippen molar-refractivity contribution in [1.82, 2.24) is 19.6 Å². The second-order valence-corrected chi connectivity index (χ2v) is 5.05. The number of pyridine rings is 2. The third-order valence-electron chi connectivity index (χ3n) is 2.89. The Hall–Kier alpha value is -2.47. The van der Waals surface area contributed by atoms with Crippen LogP contribution >= 0.6 is 0 Å². The van der Waals surface area contributed by atoms with Crippen LogP contribution in [0.4, 0.5) is 11.6 Å². The van der Waals surface area contributed by atoms with Crippen LogP contribution in [0.25, 0.3) is 5.65 Å². The van der Waals surface area contributed by atoms with Gasteiger partial charge in [0.05, 0.1) is 17.6 Å². The molecule has 3 heterocycles. The Kier molecular flexibility index (Phi) is 2.87. The number of anilines is 2. The van der Waals surface area contributed by atoms with Crippen molar-refractivity contribution in [2.24, 2.45) is 0 Å². The highest BCUT2D eigenvalue weighted by atomic mass is 16.3. The normalized spacial score (nSPS) is 11.8. The van der Waals surface area contributed by atoms with Crippen LogP contribution in [0.1, 0.15) is 19.5 Å². The topological polar surface area (TPSA) is 75.3 Å². The van der Waals surface area contributed by atoms with Gasteiger partial charge in [0.25, 0.3) is 0 Å². The van der Waals surface area contributed by atoms with Gasteiger partial charge in [-0.3, -0.25) is 4.98 Å². The Bertz CT molecular complexity index is 694. The summed E-state index contributed by atoms with van der Waals surface area (Å²) in [6.07, 6.45) is 3.49. The molecule has 0 bridgehead atoms. The molecule has 0 atom stereocenters. The van der Waals surface area contributed by atoms with Gasteiger partial charge in [-0.25, -0.2) is 4.52 Å². The van der Waals surface area contributed by atoms with Crippen LogP contribution in [0, 0.1) is 0 Å². The van der Waals surface area contributed by atoms with E-state index in [9.17, 15) is 5.11 Å². The molecule has 3 rings (SSSR count). The molecule has 0 aliphatic heterocycles. The molecule has 2 N–H and O–H groups in total. The molecule has 20 heavy (non-hydrogen) atoms. The van der Waals surface area contributed by atoms with Crippen molar-refractivity contribution in [3.05, 3.63) is 48.4 Å². The average Bonchev–Trinajstić information content (AvgIpc) is 2.80. The highest BCUT2D eigenvalue weighted by Gasteiger charge is 2.17. The Labute approximate surface area is 116 Å². The summed E-state index contributed by atoms with van der Waals surface area (Å²) in [5.41, 5.74) is 1.22. The first-order chi connectivity index (χ1) is 9.52. The minimum Gasteiger partial charge on any atom is -0.384 e. The first-order valence-electron chi connectivity index (χ1n) is 6.30. The molecule has 0 fully saturated rings. The summed E-state index contributed by atoms with van der Waals surface area (Å²) < 4.78 is 1.70. The molecule has 0 aromatic carbocycles. The second kappa shape index (κ2) is 4.57. The minimum atomic E-state index is -0.945.